The normalized spacial score (nSPS) is 18.0. The first-order chi connectivity index (χ1) is 9.76. The van der Waals surface area contributed by atoms with E-state index >= 15 is 0 Å². The van der Waals surface area contributed by atoms with Crippen molar-refractivity contribution in [3.8, 4) is 5.75 Å². The molecule has 0 radical (unpaired) electrons. The fourth-order valence-electron chi connectivity index (χ4n) is 1.93. The smallest absolute Gasteiger partial charge is 0.406 e. The quantitative estimate of drug-likeness (QED) is 0.588. The molecule has 1 aliphatic rings. The van der Waals surface area contributed by atoms with Crippen LogP contribution in [0.3, 0.4) is 0 Å². The van der Waals surface area contributed by atoms with Gasteiger partial charge in [0.1, 0.15) is 5.75 Å². The van der Waals surface area contributed by atoms with E-state index in [0.717, 1.165) is 12.5 Å². The van der Waals surface area contributed by atoms with Crippen molar-refractivity contribution in [1.29, 1.82) is 0 Å². The zero-order valence-electron chi connectivity index (χ0n) is 11.2. The van der Waals surface area contributed by atoms with Crippen LogP contribution in [0.4, 0.5) is 18.9 Å². The van der Waals surface area contributed by atoms with Gasteiger partial charge in [-0.3, -0.25) is 4.99 Å². The predicted octanol–water partition coefficient (Wildman–Crippen LogP) is 2.23. The Morgan fingerprint density at radius 1 is 1.43 bits per heavy atom. The first kappa shape index (κ1) is 15.4. The van der Waals surface area contributed by atoms with Gasteiger partial charge >= 0.3 is 6.36 Å². The summed E-state index contributed by atoms with van der Waals surface area (Å²) in [7, 11) is 0. The molecule has 0 saturated heterocycles. The zero-order valence-corrected chi connectivity index (χ0v) is 11.2. The van der Waals surface area contributed by atoms with Crippen LogP contribution in [-0.4, -0.2) is 29.6 Å². The Hall–Kier alpha value is -1.96. The topological polar surface area (TPSA) is 79.9 Å². The molecule has 0 spiro atoms. The number of halogens is 3. The van der Waals surface area contributed by atoms with Gasteiger partial charge < -0.3 is 20.9 Å². The summed E-state index contributed by atoms with van der Waals surface area (Å²) >= 11 is 0. The first-order valence-electron chi connectivity index (χ1n) is 6.41. The Morgan fingerprint density at radius 3 is 2.71 bits per heavy atom. The minimum Gasteiger partial charge on any atom is -0.406 e. The summed E-state index contributed by atoms with van der Waals surface area (Å²) in [6.45, 7) is 0.171. The summed E-state index contributed by atoms with van der Waals surface area (Å²) in [6.07, 6.45) is -2.43. The number of nitrogens with one attached hydrogen (secondary N) is 1. The van der Waals surface area contributed by atoms with Gasteiger partial charge in [0, 0.05) is 11.8 Å². The lowest BCUT2D eigenvalue weighted by atomic mass is 9.80. The molecule has 5 nitrogen and oxygen atoms in total. The Balaban J connectivity index is 1.95. The third kappa shape index (κ3) is 4.82. The number of guanidine groups is 1. The lowest BCUT2D eigenvalue weighted by molar-refractivity contribution is -0.274. The van der Waals surface area contributed by atoms with Crippen molar-refractivity contribution in [3.05, 3.63) is 24.3 Å². The van der Waals surface area contributed by atoms with Crippen molar-refractivity contribution in [2.45, 2.75) is 31.2 Å². The molecule has 1 aromatic carbocycles. The molecule has 1 fully saturated rings. The van der Waals surface area contributed by atoms with Crippen molar-refractivity contribution >= 4 is 11.6 Å². The molecule has 0 aliphatic heterocycles. The fraction of sp³-hybridized carbons (Fsp3) is 0.462. The van der Waals surface area contributed by atoms with E-state index in [1.54, 1.807) is 0 Å². The fourth-order valence-corrected chi connectivity index (χ4v) is 1.93. The molecular weight excluding hydrogens is 287 g/mol. The highest BCUT2D eigenvalue weighted by Crippen LogP contribution is 2.31. The molecule has 1 aromatic rings. The van der Waals surface area contributed by atoms with Gasteiger partial charge in [0.25, 0.3) is 0 Å². The van der Waals surface area contributed by atoms with Crippen LogP contribution in [0, 0.1) is 0 Å². The van der Waals surface area contributed by atoms with Crippen LogP contribution in [0.15, 0.2) is 29.3 Å². The number of hydrogen-bond donors (Lipinski definition) is 3. The molecule has 4 N–H and O–H groups in total. The van der Waals surface area contributed by atoms with Gasteiger partial charge in [-0.2, -0.15) is 0 Å². The van der Waals surface area contributed by atoms with Crippen LogP contribution in [-0.2, 0) is 0 Å². The highest BCUT2D eigenvalue weighted by molar-refractivity contribution is 5.92. The van der Waals surface area contributed by atoms with Crippen molar-refractivity contribution in [3.63, 3.8) is 0 Å². The number of rotatable bonds is 4. The third-order valence-corrected chi connectivity index (χ3v) is 3.17. The zero-order chi connectivity index (χ0) is 15.5. The number of benzene rings is 1. The average molecular weight is 303 g/mol. The number of aliphatic imine (C=N–C) groups is 1. The van der Waals surface area contributed by atoms with Gasteiger partial charge in [0.05, 0.1) is 12.1 Å². The second-order valence-corrected chi connectivity index (χ2v) is 4.98. The number of ether oxygens (including phenoxy) is 1. The minimum atomic E-state index is -4.74. The lowest BCUT2D eigenvalue weighted by Gasteiger charge is -2.34. The van der Waals surface area contributed by atoms with Gasteiger partial charge in [0.2, 0.25) is 0 Å². The molecule has 0 unspecified atom stereocenters. The van der Waals surface area contributed by atoms with E-state index < -0.39 is 12.0 Å². The monoisotopic (exact) mass is 303 g/mol. The Kier molecular flexibility index (Phi) is 4.26. The van der Waals surface area contributed by atoms with Crippen molar-refractivity contribution in [1.82, 2.24) is 0 Å². The largest absolute Gasteiger partial charge is 0.573 e. The van der Waals surface area contributed by atoms with Crippen molar-refractivity contribution in [2.24, 2.45) is 10.7 Å². The standard InChI is InChI=1S/C13H16F3N3O2/c14-13(15,16)21-10-4-1-3-9(7-10)19-11(17)18-8-12(20)5-2-6-12/h1,3-4,7,20H,2,5-6,8H2,(H3,17,18,19). The van der Waals surface area contributed by atoms with Crippen LogP contribution in [0.5, 0.6) is 5.75 Å². The maximum absolute atomic E-state index is 12.1. The van der Waals surface area contributed by atoms with Gasteiger partial charge in [-0.25, -0.2) is 0 Å². The summed E-state index contributed by atoms with van der Waals surface area (Å²) in [5.41, 5.74) is 5.15. The number of aliphatic hydroxyl groups is 1. The van der Waals surface area contributed by atoms with Gasteiger partial charge in [-0.1, -0.05) is 6.07 Å². The molecule has 8 heteroatoms. The van der Waals surface area contributed by atoms with Crippen LogP contribution in [0.25, 0.3) is 0 Å². The van der Waals surface area contributed by atoms with Crippen LogP contribution in [0.1, 0.15) is 19.3 Å². The average Bonchev–Trinajstić information content (AvgIpc) is 2.32. The number of anilines is 1. The maximum atomic E-state index is 12.1. The molecule has 2 rings (SSSR count). The van der Waals surface area contributed by atoms with Crippen molar-refractivity contribution in [2.75, 3.05) is 11.9 Å². The van der Waals surface area contributed by atoms with E-state index in [2.05, 4.69) is 15.0 Å². The number of alkyl halides is 3. The van der Waals surface area contributed by atoms with E-state index in [-0.39, 0.29) is 18.3 Å². The molecule has 0 bridgehead atoms. The van der Waals surface area contributed by atoms with E-state index in [1.807, 2.05) is 0 Å². The summed E-state index contributed by atoms with van der Waals surface area (Å²) < 4.78 is 40.1. The summed E-state index contributed by atoms with van der Waals surface area (Å²) in [6, 6.07) is 5.27. The number of nitrogens with zero attached hydrogens (tertiary/aromatic N) is 1. The van der Waals surface area contributed by atoms with Crippen LogP contribution in [0.2, 0.25) is 0 Å². The second-order valence-electron chi connectivity index (χ2n) is 4.98. The first-order valence-corrected chi connectivity index (χ1v) is 6.41. The second kappa shape index (κ2) is 5.80. The summed E-state index contributed by atoms with van der Waals surface area (Å²) in [5.74, 6) is -0.322. The van der Waals surface area contributed by atoms with Gasteiger partial charge in [-0.05, 0) is 31.4 Å². The van der Waals surface area contributed by atoms with Gasteiger partial charge in [-0.15, -0.1) is 13.2 Å². The van der Waals surface area contributed by atoms with E-state index in [9.17, 15) is 18.3 Å². The Labute approximate surface area is 119 Å². The molecule has 0 heterocycles. The van der Waals surface area contributed by atoms with Crippen molar-refractivity contribution < 1.29 is 23.0 Å². The third-order valence-electron chi connectivity index (χ3n) is 3.17. The molecule has 116 valence electrons. The summed E-state index contributed by atoms with van der Waals surface area (Å²) in [4.78, 5) is 3.99. The van der Waals surface area contributed by atoms with Gasteiger partial charge in [0.15, 0.2) is 5.96 Å². The van der Waals surface area contributed by atoms with E-state index in [1.165, 1.54) is 18.2 Å². The van der Waals surface area contributed by atoms with Crippen LogP contribution >= 0.6 is 0 Å². The molecule has 0 aromatic heterocycles. The Morgan fingerprint density at radius 2 is 2.14 bits per heavy atom. The highest BCUT2D eigenvalue weighted by Gasteiger charge is 2.34. The molecule has 21 heavy (non-hydrogen) atoms. The predicted molar refractivity (Wildman–Crippen MR) is 72.0 cm³/mol. The number of nitrogens with two attached hydrogens (primary N) is 1. The SMILES string of the molecule is NC(=NCC1(O)CCC1)Nc1cccc(OC(F)(F)F)c1. The van der Waals surface area contributed by atoms with Crippen LogP contribution < -0.4 is 15.8 Å². The van der Waals surface area contributed by atoms with E-state index in [0.29, 0.717) is 18.5 Å². The molecule has 1 saturated carbocycles. The molecule has 0 amide bonds. The Bertz CT molecular complexity index is 528. The molecule has 1 aliphatic carbocycles. The highest BCUT2D eigenvalue weighted by atomic mass is 19.4. The summed E-state index contributed by atoms with van der Waals surface area (Å²) in [5, 5.41) is 12.5. The lowest BCUT2D eigenvalue weighted by Crippen LogP contribution is -2.41. The minimum absolute atomic E-state index is 0.0273. The number of hydrogen-bond acceptors (Lipinski definition) is 3. The molecular formula is C13H16F3N3O2. The molecule has 0 atom stereocenters. The van der Waals surface area contributed by atoms with E-state index in [4.69, 9.17) is 5.73 Å². The maximum Gasteiger partial charge on any atom is 0.573 e.